The molecule has 1 aromatic rings. The van der Waals surface area contributed by atoms with E-state index in [2.05, 4.69) is 5.32 Å². The van der Waals surface area contributed by atoms with Crippen molar-refractivity contribution in [2.24, 2.45) is 0 Å². The summed E-state index contributed by atoms with van der Waals surface area (Å²) in [6.45, 7) is 5.71. The second-order valence-electron chi connectivity index (χ2n) is 4.94. The minimum Gasteiger partial charge on any atom is -0.494 e. The van der Waals surface area contributed by atoms with Gasteiger partial charge in [-0.05, 0) is 38.5 Å². The summed E-state index contributed by atoms with van der Waals surface area (Å²) in [5.74, 6) is -0.388. The van der Waals surface area contributed by atoms with Crippen LogP contribution < -0.4 is 10.1 Å². The van der Waals surface area contributed by atoms with Crippen molar-refractivity contribution in [1.29, 1.82) is 0 Å². The van der Waals surface area contributed by atoms with Gasteiger partial charge in [0.15, 0.2) is 11.6 Å². The predicted octanol–water partition coefficient (Wildman–Crippen LogP) is 2.29. The van der Waals surface area contributed by atoms with E-state index in [-0.39, 0.29) is 23.6 Å². The van der Waals surface area contributed by atoms with Gasteiger partial charge in [-0.3, -0.25) is 4.79 Å². The summed E-state index contributed by atoms with van der Waals surface area (Å²) in [6, 6.07) is 4.53. The summed E-state index contributed by atoms with van der Waals surface area (Å²) in [4.78, 5) is 11.6. The van der Waals surface area contributed by atoms with Gasteiger partial charge in [0.25, 0.3) is 0 Å². The smallest absolute Gasteiger partial charge is 0.224 e. The Morgan fingerprint density at radius 3 is 2.53 bits per heavy atom. The summed E-state index contributed by atoms with van der Waals surface area (Å²) >= 11 is 0. The summed E-state index contributed by atoms with van der Waals surface area (Å²) in [5, 5.41) is 2.82. The van der Waals surface area contributed by atoms with E-state index in [1.54, 1.807) is 6.07 Å². The van der Waals surface area contributed by atoms with Crippen molar-refractivity contribution < 1.29 is 13.9 Å². The van der Waals surface area contributed by atoms with E-state index in [0.717, 1.165) is 0 Å². The highest BCUT2D eigenvalue weighted by atomic mass is 19.1. The second kappa shape index (κ2) is 5.17. The molecule has 3 nitrogen and oxygen atoms in total. The zero-order valence-electron chi connectivity index (χ0n) is 10.6. The number of hydrogen-bond donors (Lipinski definition) is 1. The summed E-state index contributed by atoms with van der Waals surface area (Å²) in [6.07, 6.45) is 0.165. The fraction of sp³-hybridized carbons (Fsp3) is 0.462. The van der Waals surface area contributed by atoms with E-state index >= 15 is 0 Å². The molecular formula is C13H18FNO2. The van der Waals surface area contributed by atoms with Gasteiger partial charge in [-0.2, -0.15) is 0 Å². The van der Waals surface area contributed by atoms with Crippen molar-refractivity contribution in [2.45, 2.75) is 32.7 Å². The summed E-state index contributed by atoms with van der Waals surface area (Å²) in [7, 11) is 1.41. The average molecular weight is 239 g/mol. The fourth-order valence-corrected chi connectivity index (χ4v) is 1.47. The lowest BCUT2D eigenvalue weighted by Gasteiger charge is -2.20. The van der Waals surface area contributed by atoms with E-state index in [0.29, 0.717) is 5.56 Å². The fourth-order valence-electron chi connectivity index (χ4n) is 1.47. The maximum Gasteiger partial charge on any atom is 0.224 e. The summed E-state index contributed by atoms with van der Waals surface area (Å²) in [5.41, 5.74) is 0.354. The summed E-state index contributed by atoms with van der Waals surface area (Å²) < 4.78 is 18.2. The van der Waals surface area contributed by atoms with E-state index in [1.807, 2.05) is 20.8 Å². The first-order chi connectivity index (χ1) is 7.81. The van der Waals surface area contributed by atoms with Gasteiger partial charge in [0, 0.05) is 5.54 Å². The molecule has 0 heterocycles. The molecule has 1 N–H and O–H groups in total. The molecule has 0 aliphatic carbocycles. The topological polar surface area (TPSA) is 38.3 Å². The van der Waals surface area contributed by atoms with Crippen LogP contribution in [0.5, 0.6) is 5.75 Å². The molecule has 0 atom stereocenters. The van der Waals surface area contributed by atoms with Gasteiger partial charge in [0.05, 0.1) is 13.5 Å². The number of nitrogens with one attached hydrogen (secondary N) is 1. The molecular weight excluding hydrogens is 221 g/mol. The predicted molar refractivity (Wildman–Crippen MR) is 64.6 cm³/mol. The number of carbonyl (C=O) groups is 1. The Morgan fingerprint density at radius 1 is 1.41 bits per heavy atom. The molecule has 0 bridgehead atoms. The molecule has 0 fully saturated rings. The minimum absolute atomic E-state index is 0.123. The highest BCUT2D eigenvalue weighted by molar-refractivity contribution is 5.79. The third-order valence-corrected chi connectivity index (χ3v) is 2.10. The normalized spacial score (nSPS) is 11.1. The quantitative estimate of drug-likeness (QED) is 0.878. The molecule has 0 radical (unpaired) electrons. The first kappa shape index (κ1) is 13.5. The molecule has 0 aromatic heterocycles. The Kier molecular flexibility index (Phi) is 4.10. The molecule has 0 unspecified atom stereocenters. The molecule has 0 saturated heterocycles. The first-order valence-electron chi connectivity index (χ1n) is 5.45. The van der Waals surface area contributed by atoms with Crippen LogP contribution in [0.25, 0.3) is 0 Å². The Morgan fingerprint density at radius 2 is 2.06 bits per heavy atom. The van der Waals surface area contributed by atoms with Crippen LogP contribution in [0.3, 0.4) is 0 Å². The van der Waals surface area contributed by atoms with Gasteiger partial charge in [0.1, 0.15) is 0 Å². The first-order valence-corrected chi connectivity index (χ1v) is 5.45. The molecule has 4 heteroatoms. The lowest BCUT2D eigenvalue weighted by molar-refractivity contribution is -0.121. The molecule has 1 rings (SSSR count). The van der Waals surface area contributed by atoms with Crippen LogP contribution in [0.4, 0.5) is 4.39 Å². The molecule has 0 saturated carbocycles. The number of benzene rings is 1. The zero-order valence-corrected chi connectivity index (χ0v) is 10.6. The molecule has 17 heavy (non-hydrogen) atoms. The number of hydrogen-bond acceptors (Lipinski definition) is 2. The highest BCUT2D eigenvalue weighted by Crippen LogP contribution is 2.18. The molecule has 94 valence electrons. The van der Waals surface area contributed by atoms with E-state index in [4.69, 9.17) is 4.74 Å². The number of amides is 1. The maximum absolute atomic E-state index is 13.4. The van der Waals surface area contributed by atoms with Crippen LogP contribution in [-0.2, 0) is 11.2 Å². The Bertz CT molecular complexity index is 410. The molecule has 0 spiro atoms. The maximum atomic E-state index is 13.4. The van der Waals surface area contributed by atoms with Gasteiger partial charge in [-0.15, -0.1) is 0 Å². The lowest BCUT2D eigenvalue weighted by Crippen LogP contribution is -2.41. The second-order valence-corrected chi connectivity index (χ2v) is 4.94. The van der Waals surface area contributed by atoms with Gasteiger partial charge in [-0.25, -0.2) is 4.39 Å². The Hall–Kier alpha value is -1.58. The van der Waals surface area contributed by atoms with Crippen LogP contribution >= 0.6 is 0 Å². The largest absolute Gasteiger partial charge is 0.494 e. The number of rotatable bonds is 3. The van der Waals surface area contributed by atoms with Gasteiger partial charge in [0.2, 0.25) is 5.91 Å². The number of methoxy groups -OCH3 is 1. The van der Waals surface area contributed by atoms with Crippen molar-refractivity contribution in [3.63, 3.8) is 0 Å². The number of carbonyl (C=O) groups excluding carboxylic acids is 1. The SMILES string of the molecule is COc1ccc(CC(=O)NC(C)(C)C)cc1F. The van der Waals surface area contributed by atoms with E-state index in [1.165, 1.54) is 19.2 Å². The van der Waals surface area contributed by atoms with Crippen molar-refractivity contribution in [2.75, 3.05) is 7.11 Å². The Labute approximate surface area is 101 Å². The highest BCUT2D eigenvalue weighted by Gasteiger charge is 2.14. The molecule has 0 aliphatic heterocycles. The zero-order chi connectivity index (χ0) is 13.1. The van der Waals surface area contributed by atoms with Crippen LogP contribution in [0.1, 0.15) is 26.3 Å². The van der Waals surface area contributed by atoms with Gasteiger partial charge >= 0.3 is 0 Å². The Balaban J connectivity index is 2.69. The monoisotopic (exact) mass is 239 g/mol. The van der Waals surface area contributed by atoms with Crippen LogP contribution in [0.2, 0.25) is 0 Å². The van der Waals surface area contributed by atoms with Gasteiger partial charge < -0.3 is 10.1 Å². The number of halogens is 1. The molecule has 1 aromatic carbocycles. The van der Waals surface area contributed by atoms with E-state index < -0.39 is 5.82 Å². The molecule has 0 aliphatic rings. The van der Waals surface area contributed by atoms with Crippen molar-refractivity contribution >= 4 is 5.91 Å². The van der Waals surface area contributed by atoms with Gasteiger partial charge in [-0.1, -0.05) is 6.07 Å². The van der Waals surface area contributed by atoms with Crippen molar-refractivity contribution in [3.8, 4) is 5.75 Å². The third-order valence-electron chi connectivity index (χ3n) is 2.10. The lowest BCUT2D eigenvalue weighted by atomic mass is 10.1. The van der Waals surface area contributed by atoms with Crippen LogP contribution in [-0.4, -0.2) is 18.6 Å². The van der Waals surface area contributed by atoms with E-state index in [9.17, 15) is 9.18 Å². The number of ether oxygens (including phenoxy) is 1. The van der Waals surface area contributed by atoms with Crippen molar-refractivity contribution in [1.82, 2.24) is 5.32 Å². The van der Waals surface area contributed by atoms with Crippen LogP contribution in [0.15, 0.2) is 18.2 Å². The molecule has 1 amide bonds. The van der Waals surface area contributed by atoms with Crippen molar-refractivity contribution in [3.05, 3.63) is 29.6 Å². The minimum atomic E-state index is -0.450. The average Bonchev–Trinajstić information content (AvgIpc) is 2.14. The third kappa shape index (κ3) is 4.43. The van der Waals surface area contributed by atoms with Crippen LogP contribution in [0, 0.1) is 5.82 Å². The standard InChI is InChI=1S/C13H18FNO2/c1-13(2,3)15-12(16)8-9-5-6-11(17-4)10(14)7-9/h5-7H,8H2,1-4H3,(H,15,16).